The molecule has 18 heavy (non-hydrogen) atoms. The van der Waals surface area contributed by atoms with Gasteiger partial charge < -0.3 is 9.84 Å². The summed E-state index contributed by atoms with van der Waals surface area (Å²) in [6, 6.07) is 9.03. The van der Waals surface area contributed by atoms with Crippen molar-refractivity contribution in [1.29, 1.82) is 0 Å². The number of aromatic carboxylic acids is 1. The zero-order valence-electron chi connectivity index (χ0n) is 9.06. The molecule has 0 atom stereocenters. The van der Waals surface area contributed by atoms with E-state index in [9.17, 15) is 13.6 Å². The van der Waals surface area contributed by atoms with Crippen LogP contribution in [0.5, 0.6) is 11.5 Å². The van der Waals surface area contributed by atoms with Gasteiger partial charge in [-0.25, -0.2) is 13.6 Å². The highest BCUT2D eigenvalue weighted by molar-refractivity contribution is 5.91. The van der Waals surface area contributed by atoms with E-state index in [0.29, 0.717) is 0 Å². The topological polar surface area (TPSA) is 46.5 Å². The zero-order chi connectivity index (χ0) is 13.1. The van der Waals surface area contributed by atoms with Crippen molar-refractivity contribution in [1.82, 2.24) is 0 Å². The molecule has 2 aromatic rings. The molecule has 2 rings (SSSR count). The van der Waals surface area contributed by atoms with Gasteiger partial charge in [-0.3, -0.25) is 0 Å². The number of ether oxygens (including phenoxy) is 1. The Labute approximate surface area is 101 Å². The summed E-state index contributed by atoms with van der Waals surface area (Å²) in [7, 11) is 0. The van der Waals surface area contributed by atoms with Gasteiger partial charge in [-0.2, -0.15) is 0 Å². The lowest BCUT2D eigenvalue weighted by molar-refractivity contribution is 0.0689. The average molecular weight is 250 g/mol. The molecule has 0 aliphatic heterocycles. The largest absolute Gasteiger partial charge is 0.477 e. The van der Waals surface area contributed by atoms with Gasteiger partial charge in [0.15, 0.2) is 11.6 Å². The second-order valence-electron chi connectivity index (χ2n) is 3.45. The highest BCUT2D eigenvalue weighted by atomic mass is 19.1. The third-order valence-corrected chi connectivity index (χ3v) is 2.25. The number of hydrogen-bond donors (Lipinski definition) is 1. The lowest BCUT2D eigenvalue weighted by Crippen LogP contribution is -2.03. The fraction of sp³-hybridized carbons (Fsp3) is 0. The molecule has 0 aliphatic rings. The van der Waals surface area contributed by atoms with Crippen LogP contribution >= 0.6 is 0 Å². The molecule has 92 valence electrons. The number of halogens is 2. The first-order chi connectivity index (χ1) is 8.59. The summed E-state index contributed by atoms with van der Waals surface area (Å²) in [5, 5.41) is 8.88. The van der Waals surface area contributed by atoms with Gasteiger partial charge in [0, 0.05) is 0 Å². The van der Waals surface area contributed by atoms with Crippen molar-refractivity contribution in [3.05, 3.63) is 59.7 Å². The first kappa shape index (κ1) is 12.0. The number of rotatable bonds is 3. The Morgan fingerprint density at radius 2 is 1.56 bits per heavy atom. The van der Waals surface area contributed by atoms with E-state index in [1.165, 1.54) is 30.3 Å². The van der Waals surface area contributed by atoms with Gasteiger partial charge in [-0.05, 0) is 24.3 Å². The van der Waals surface area contributed by atoms with Gasteiger partial charge >= 0.3 is 5.97 Å². The van der Waals surface area contributed by atoms with Crippen LogP contribution in [-0.4, -0.2) is 11.1 Å². The number of hydrogen-bond acceptors (Lipinski definition) is 2. The first-order valence-electron chi connectivity index (χ1n) is 5.04. The molecular weight excluding hydrogens is 242 g/mol. The van der Waals surface area contributed by atoms with E-state index in [0.717, 1.165) is 12.1 Å². The molecule has 0 fully saturated rings. The van der Waals surface area contributed by atoms with Gasteiger partial charge in [0.2, 0.25) is 0 Å². The van der Waals surface area contributed by atoms with Gasteiger partial charge in [-0.15, -0.1) is 0 Å². The number of carboxylic acids is 1. The van der Waals surface area contributed by atoms with Crippen LogP contribution in [-0.2, 0) is 0 Å². The summed E-state index contributed by atoms with van der Waals surface area (Å²) in [4.78, 5) is 10.9. The van der Waals surface area contributed by atoms with Crippen molar-refractivity contribution in [2.45, 2.75) is 0 Å². The van der Waals surface area contributed by atoms with E-state index in [1.807, 2.05) is 0 Å². The maximum absolute atomic E-state index is 13.3. The van der Waals surface area contributed by atoms with Gasteiger partial charge in [0.25, 0.3) is 0 Å². The van der Waals surface area contributed by atoms with E-state index < -0.39 is 23.2 Å². The summed E-state index contributed by atoms with van der Waals surface area (Å²) in [5.74, 6) is -3.47. The van der Waals surface area contributed by atoms with E-state index in [2.05, 4.69) is 0 Å². The number of carboxylic acid groups (broad SMARTS) is 1. The van der Waals surface area contributed by atoms with E-state index in [1.54, 1.807) is 0 Å². The van der Waals surface area contributed by atoms with Crippen LogP contribution in [0.4, 0.5) is 8.78 Å². The Bertz CT molecular complexity index is 597. The Kier molecular flexibility index (Phi) is 3.23. The van der Waals surface area contributed by atoms with Gasteiger partial charge in [-0.1, -0.05) is 18.2 Å². The highest BCUT2D eigenvalue weighted by Gasteiger charge is 2.18. The van der Waals surface area contributed by atoms with E-state index >= 15 is 0 Å². The summed E-state index contributed by atoms with van der Waals surface area (Å²) < 4.78 is 31.8. The molecular formula is C13H8F2O3. The smallest absolute Gasteiger partial charge is 0.342 e. The SMILES string of the molecule is O=C(O)c1c(F)cccc1Oc1ccccc1F. The van der Waals surface area contributed by atoms with Crippen molar-refractivity contribution in [3.8, 4) is 11.5 Å². The van der Waals surface area contributed by atoms with Crippen LogP contribution in [0.15, 0.2) is 42.5 Å². The minimum Gasteiger partial charge on any atom is -0.477 e. The number of carbonyl (C=O) groups is 1. The van der Waals surface area contributed by atoms with E-state index in [-0.39, 0.29) is 11.5 Å². The molecule has 0 radical (unpaired) electrons. The predicted octanol–water partition coefficient (Wildman–Crippen LogP) is 3.46. The molecule has 0 aliphatic carbocycles. The van der Waals surface area contributed by atoms with Crippen molar-refractivity contribution >= 4 is 5.97 Å². The predicted molar refractivity (Wildman–Crippen MR) is 59.8 cm³/mol. The monoisotopic (exact) mass is 250 g/mol. The normalized spacial score (nSPS) is 10.1. The van der Waals surface area contributed by atoms with Gasteiger partial charge in [0.1, 0.15) is 17.1 Å². The number of para-hydroxylation sites is 1. The summed E-state index contributed by atoms with van der Waals surface area (Å²) >= 11 is 0. The third kappa shape index (κ3) is 2.29. The highest BCUT2D eigenvalue weighted by Crippen LogP contribution is 2.28. The molecule has 0 unspecified atom stereocenters. The second-order valence-corrected chi connectivity index (χ2v) is 3.45. The molecule has 5 heteroatoms. The molecule has 3 nitrogen and oxygen atoms in total. The molecule has 0 spiro atoms. The van der Waals surface area contributed by atoms with E-state index in [4.69, 9.17) is 9.84 Å². The van der Waals surface area contributed by atoms with Crippen LogP contribution in [0.1, 0.15) is 10.4 Å². The Morgan fingerprint density at radius 3 is 2.22 bits per heavy atom. The lowest BCUT2D eigenvalue weighted by atomic mass is 10.2. The fourth-order valence-electron chi connectivity index (χ4n) is 1.44. The van der Waals surface area contributed by atoms with Crippen molar-refractivity contribution < 1.29 is 23.4 Å². The summed E-state index contributed by atoms with van der Waals surface area (Å²) in [6.07, 6.45) is 0. The minimum absolute atomic E-state index is 0.161. The van der Waals surface area contributed by atoms with Crippen LogP contribution in [0.2, 0.25) is 0 Å². The molecule has 0 aromatic heterocycles. The van der Waals surface area contributed by atoms with Crippen LogP contribution < -0.4 is 4.74 Å². The average Bonchev–Trinajstić information content (AvgIpc) is 2.31. The Hall–Kier alpha value is -2.43. The summed E-state index contributed by atoms with van der Waals surface area (Å²) in [5.41, 5.74) is -0.624. The zero-order valence-corrected chi connectivity index (χ0v) is 9.06. The third-order valence-electron chi connectivity index (χ3n) is 2.25. The quantitative estimate of drug-likeness (QED) is 0.907. The lowest BCUT2D eigenvalue weighted by Gasteiger charge is -2.09. The maximum Gasteiger partial charge on any atom is 0.342 e. The minimum atomic E-state index is -1.47. The Balaban J connectivity index is 2.44. The van der Waals surface area contributed by atoms with Crippen LogP contribution in [0.25, 0.3) is 0 Å². The molecule has 0 saturated heterocycles. The van der Waals surface area contributed by atoms with Crippen molar-refractivity contribution in [2.24, 2.45) is 0 Å². The van der Waals surface area contributed by atoms with Crippen LogP contribution in [0, 0.1) is 11.6 Å². The van der Waals surface area contributed by atoms with Crippen molar-refractivity contribution in [2.75, 3.05) is 0 Å². The Morgan fingerprint density at radius 1 is 0.944 bits per heavy atom. The molecule has 2 aromatic carbocycles. The standard InChI is InChI=1S/C13H8F2O3/c14-8-4-1-2-6-10(8)18-11-7-3-5-9(15)12(11)13(16)17/h1-7H,(H,16,17). The molecule has 0 saturated carbocycles. The maximum atomic E-state index is 13.3. The first-order valence-corrected chi connectivity index (χ1v) is 5.04. The molecule has 0 amide bonds. The molecule has 0 heterocycles. The van der Waals surface area contributed by atoms with Crippen LogP contribution in [0.3, 0.4) is 0 Å². The number of benzene rings is 2. The second kappa shape index (κ2) is 4.83. The molecule has 1 N–H and O–H groups in total. The van der Waals surface area contributed by atoms with Gasteiger partial charge in [0.05, 0.1) is 0 Å². The fourth-order valence-corrected chi connectivity index (χ4v) is 1.44. The summed E-state index contributed by atoms with van der Waals surface area (Å²) in [6.45, 7) is 0. The molecule has 0 bridgehead atoms. The van der Waals surface area contributed by atoms with Crippen molar-refractivity contribution in [3.63, 3.8) is 0 Å².